The highest BCUT2D eigenvalue weighted by molar-refractivity contribution is 4.87. The lowest BCUT2D eigenvalue weighted by Gasteiger charge is -2.45. The Kier molecular flexibility index (Phi) is 42.1. The molecule has 0 bridgehead atoms. The molecule has 1 nitrogen and oxygen atoms in total. The quantitative estimate of drug-likeness (QED) is 0.0557. The fourth-order valence-corrected chi connectivity index (χ4v) is 9.56. The number of nitrogens with zero attached hydrogens (tertiary/aromatic N) is 1. The van der Waals surface area contributed by atoms with Gasteiger partial charge in [0.25, 0.3) is 0 Å². The fourth-order valence-electron chi connectivity index (χ4n) is 9.56. The molecule has 0 spiro atoms. The first-order valence-electron chi connectivity index (χ1n) is 26.5. The van der Waals surface area contributed by atoms with Crippen molar-refractivity contribution < 1.29 is 0 Å². The normalized spacial score (nSPS) is 13.9. The van der Waals surface area contributed by atoms with Crippen LogP contribution in [0.3, 0.4) is 0 Å². The Hall–Kier alpha value is -0.0400. The smallest absolute Gasteiger partial charge is 0.0101 e. The van der Waals surface area contributed by atoms with Gasteiger partial charge >= 0.3 is 0 Å². The molecule has 55 heavy (non-hydrogen) atoms. The highest BCUT2D eigenvalue weighted by atomic mass is 15.2. The second-order valence-corrected chi connectivity index (χ2v) is 20.2. The molecule has 0 heterocycles. The molecule has 0 aromatic carbocycles. The molecule has 0 N–H and O–H groups in total. The van der Waals surface area contributed by atoms with E-state index in [0.29, 0.717) is 0 Å². The van der Waals surface area contributed by atoms with Gasteiger partial charge in [0.1, 0.15) is 0 Å². The molecule has 3 unspecified atom stereocenters. The molecular formula is C54H111N. The summed E-state index contributed by atoms with van der Waals surface area (Å²) in [5.74, 6) is 2.55. The Bertz CT molecular complexity index is 615. The molecule has 0 saturated heterocycles. The van der Waals surface area contributed by atoms with E-state index in [9.17, 15) is 0 Å². The molecule has 1 heteroatoms. The van der Waals surface area contributed by atoms with Crippen LogP contribution in [0.15, 0.2) is 0 Å². The summed E-state index contributed by atoms with van der Waals surface area (Å²) < 4.78 is 0. The molecule has 0 aliphatic rings. The van der Waals surface area contributed by atoms with Crippen LogP contribution in [-0.4, -0.2) is 23.0 Å². The number of unbranched alkanes of at least 4 members (excludes halogenated alkanes) is 24. The summed E-state index contributed by atoms with van der Waals surface area (Å²) in [6, 6.07) is 2.43. The molecule has 332 valence electrons. The van der Waals surface area contributed by atoms with E-state index in [1.54, 1.807) is 0 Å². The first-order valence-corrected chi connectivity index (χ1v) is 26.5. The molecule has 3 atom stereocenters. The molecule has 0 amide bonds. The summed E-state index contributed by atoms with van der Waals surface area (Å²) in [6.07, 6.45) is 56.5. The minimum absolute atomic E-state index is 0.810. The third kappa shape index (κ3) is 36.8. The van der Waals surface area contributed by atoms with Crippen molar-refractivity contribution in [1.82, 2.24) is 4.90 Å². The van der Waals surface area contributed by atoms with Crippen molar-refractivity contribution in [3.05, 3.63) is 0 Å². The molecule has 0 radical (unpaired) electrons. The first-order chi connectivity index (χ1) is 26.8. The summed E-state index contributed by atoms with van der Waals surface area (Å²) in [4.78, 5) is 3.37. The largest absolute Gasteiger partial charge is 0.294 e. The summed E-state index contributed by atoms with van der Waals surface area (Å²) >= 11 is 0. The van der Waals surface area contributed by atoms with Gasteiger partial charge in [-0.25, -0.2) is 0 Å². The minimum atomic E-state index is 0.810. The van der Waals surface area contributed by atoms with E-state index in [0.717, 1.165) is 35.9 Å². The van der Waals surface area contributed by atoms with E-state index in [1.807, 2.05) is 0 Å². The molecule has 0 fully saturated rings. The predicted octanol–water partition coefficient (Wildman–Crippen LogP) is 19.6. The molecule has 0 aliphatic heterocycles. The van der Waals surface area contributed by atoms with Crippen molar-refractivity contribution in [2.75, 3.05) is 0 Å². The van der Waals surface area contributed by atoms with Gasteiger partial charge < -0.3 is 0 Å². The second kappa shape index (κ2) is 42.1. The van der Waals surface area contributed by atoms with Crippen molar-refractivity contribution in [2.45, 2.75) is 331 Å². The van der Waals surface area contributed by atoms with Gasteiger partial charge in [-0.15, -0.1) is 0 Å². The third-order valence-electron chi connectivity index (χ3n) is 13.1. The Morgan fingerprint density at radius 2 is 0.382 bits per heavy atom. The lowest BCUT2D eigenvalue weighted by Crippen LogP contribution is -2.50. The van der Waals surface area contributed by atoms with E-state index < -0.39 is 0 Å². The average Bonchev–Trinajstić information content (AvgIpc) is 3.15. The van der Waals surface area contributed by atoms with Gasteiger partial charge in [-0.2, -0.15) is 0 Å². The Labute approximate surface area is 352 Å². The van der Waals surface area contributed by atoms with Crippen molar-refractivity contribution >= 4 is 0 Å². The molecular weight excluding hydrogens is 663 g/mol. The molecule has 0 rings (SSSR count). The van der Waals surface area contributed by atoms with Crippen LogP contribution < -0.4 is 0 Å². The van der Waals surface area contributed by atoms with Gasteiger partial charge in [0, 0.05) is 18.1 Å². The second-order valence-electron chi connectivity index (χ2n) is 20.2. The van der Waals surface area contributed by atoms with Crippen molar-refractivity contribution in [2.24, 2.45) is 17.8 Å². The third-order valence-corrected chi connectivity index (χ3v) is 13.1. The number of rotatable bonds is 45. The lowest BCUT2D eigenvalue weighted by atomic mass is 9.88. The zero-order chi connectivity index (χ0) is 40.6. The van der Waals surface area contributed by atoms with Crippen molar-refractivity contribution in [3.8, 4) is 0 Å². The average molecular weight is 774 g/mol. The van der Waals surface area contributed by atoms with Crippen LogP contribution in [0.4, 0.5) is 0 Å². The van der Waals surface area contributed by atoms with E-state index >= 15 is 0 Å². The van der Waals surface area contributed by atoms with E-state index in [2.05, 4.69) is 67.2 Å². The zero-order valence-electron chi connectivity index (χ0n) is 40.5. The molecule has 0 aliphatic carbocycles. The standard InChI is InChI=1S/C54H111N/c1-10-13-16-19-22-25-34-43-52(46-37-28-31-40-49(4)5)55(53(47-38-29-32-41-50(6)7)44-35-26-23-20-17-14-11-2)54(48-39-30-33-42-51(8)9)45-36-27-24-21-18-15-12-3/h49-54H,10-48H2,1-9H3. The SMILES string of the molecule is CCCCCCCCCC(CCCCCC(C)C)N(C(CCCCCCCCC)CCCCCC(C)C)C(CCCCCCCCC)CCCCCC(C)C. The minimum Gasteiger partial charge on any atom is -0.294 e. The monoisotopic (exact) mass is 774 g/mol. The van der Waals surface area contributed by atoms with Crippen LogP contribution in [0.2, 0.25) is 0 Å². The summed E-state index contributed by atoms with van der Waals surface area (Å²) in [5, 5.41) is 0. The summed E-state index contributed by atoms with van der Waals surface area (Å²) in [7, 11) is 0. The lowest BCUT2D eigenvalue weighted by molar-refractivity contribution is 0.0405. The highest BCUT2D eigenvalue weighted by Crippen LogP contribution is 2.32. The van der Waals surface area contributed by atoms with Gasteiger partial charge in [-0.05, 0) is 56.3 Å². The Balaban J connectivity index is 6.43. The number of hydrogen-bond acceptors (Lipinski definition) is 1. The van der Waals surface area contributed by atoms with E-state index in [-0.39, 0.29) is 0 Å². The van der Waals surface area contributed by atoms with E-state index in [1.165, 1.54) is 250 Å². The van der Waals surface area contributed by atoms with E-state index in [4.69, 9.17) is 0 Å². The van der Waals surface area contributed by atoms with Gasteiger partial charge in [-0.1, -0.05) is 274 Å². The Morgan fingerprint density at radius 3 is 0.582 bits per heavy atom. The van der Waals surface area contributed by atoms with Crippen LogP contribution in [0.25, 0.3) is 0 Å². The topological polar surface area (TPSA) is 3.24 Å². The van der Waals surface area contributed by atoms with Crippen molar-refractivity contribution in [1.29, 1.82) is 0 Å². The van der Waals surface area contributed by atoms with Gasteiger partial charge in [-0.3, -0.25) is 4.90 Å². The van der Waals surface area contributed by atoms with Gasteiger partial charge in [0.2, 0.25) is 0 Å². The van der Waals surface area contributed by atoms with Crippen LogP contribution in [0.1, 0.15) is 313 Å². The van der Waals surface area contributed by atoms with Crippen LogP contribution >= 0.6 is 0 Å². The van der Waals surface area contributed by atoms with Crippen LogP contribution in [0, 0.1) is 17.8 Å². The van der Waals surface area contributed by atoms with Gasteiger partial charge in [0.05, 0.1) is 0 Å². The zero-order valence-corrected chi connectivity index (χ0v) is 40.5. The first kappa shape index (κ1) is 55.0. The maximum Gasteiger partial charge on any atom is 0.0101 e. The Morgan fingerprint density at radius 1 is 0.218 bits per heavy atom. The fraction of sp³-hybridized carbons (Fsp3) is 1.00. The maximum atomic E-state index is 3.37. The number of hydrogen-bond donors (Lipinski definition) is 0. The predicted molar refractivity (Wildman–Crippen MR) is 255 cm³/mol. The maximum absolute atomic E-state index is 3.37. The van der Waals surface area contributed by atoms with Crippen LogP contribution in [-0.2, 0) is 0 Å². The van der Waals surface area contributed by atoms with Crippen molar-refractivity contribution in [3.63, 3.8) is 0 Å². The molecule has 0 aromatic rings. The van der Waals surface area contributed by atoms with Gasteiger partial charge in [0.15, 0.2) is 0 Å². The molecule has 0 saturated carbocycles. The molecule has 0 aromatic heterocycles. The van der Waals surface area contributed by atoms with Crippen LogP contribution in [0.5, 0.6) is 0 Å². The summed E-state index contributed by atoms with van der Waals surface area (Å²) in [6.45, 7) is 21.6. The highest BCUT2D eigenvalue weighted by Gasteiger charge is 2.31. The summed E-state index contributed by atoms with van der Waals surface area (Å²) in [5.41, 5.74) is 0.